The average molecular weight is 368 g/mol. The topological polar surface area (TPSA) is 125 Å². The fourth-order valence-electron chi connectivity index (χ4n) is 2.41. The Bertz CT molecular complexity index is 763. The van der Waals surface area contributed by atoms with Crippen LogP contribution in [-0.4, -0.2) is 30.2 Å². The van der Waals surface area contributed by atoms with Crippen LogP contribution in [0.15, 0.2) is 54.6 Å². The summed E-state index contributed by atoms with van der Waals surface area (Å²) in [5.41, 5.74) is 12.8. The molecule has 2 rings (SSSR count). The first-order chi connectivity index (χ1) is 13.0. The highest BCUT2D eigenvalue weighted by Crippen LogP contribution is 2.15. The first kappa shape index (κ1) is 20.1. The summed E-state index contributed by atoms with van der Waals surface area (Å²) in [6.45, 7) is 0.464. The maximum Gasteiger partial charge on any atom is 0.237 e. The molecule has 0 aliphatic carbocycles. The standard InChI is InChI=1S/C20H22N3O4/c21-18(20(26)23-16(12-24)11-19(22)25)10-14-6-8-17(9-7-14)27-13-15-4-2-1-3-5-15/h1-9,16,18H,10-11,13,21H2,(H2,22,25)(H,23,26)/t16-,18-/m0/s1. The number of nitrogens with one attached hydrogen (secondary N) is 1. The maximum absolute atomic E-state index is 12.0. The molecule has 1 radical (unpaired) electrons. The monoisotopic (exact) mass is 368 g/mol. The quantitative estimate of drug-likeness (QED) is 0.567. The molecule has 2 aromatic rings. The molecule has 0 aliphatic heterocycles. The number of nitrogens with two attached hydrogens (primary N) is 2. The van der Waals surface area contributed by atoms with Crippen LogP contribution in [0.1, 0.15) is 17.5 Å². The van der Waals surface area contributed by atoms with Crippen molar-refractivity contribution in [2.24, 2.45) is 11.5 Å². The van der Waals surface area contributed by atoms with Crippen LogP contribution in [0.3, 0.4) is 0 Å². The van der Waals surface area contributed by atoms with E-state index in [0.717, 1.165) is 11.1 Å². The number of hydrogen-bond donors (Lipinski definition) is 3. The summed E-state index contributed by atoms with van der Waals surface area (Å²) in [4.78, 5) is 33.6. The van der Waals surface area contributed by atoms with Crippen molar-refractivity contribution in [3.05, 3.63) is 65.7 Å². The second-order valence-corrected chi connectivity index (χ2v) is 6.08. The lowest BCUT2D eigenvalue weighted by molar-refractivity contribution is -0.123. The van der Waals surface area contributed by atoms with Gasteiger partial charge in [0.2, 0.25) is 18.1 Å². The molecule has 7 nitrogen and oxygen atoms in total. The van der Waals surface area contributed by atoms with Gasteiger partial charge in [-0.1, -0.05) is 42.5 Å². The first-order valence-electron chi connectivity index (χ1n) is 8.45. The normalized spacial score (nSPS) is 12.6. The summed E-state index contributed by atoms with van der Waals surface area (Å²) in [7, 11) is 0. The summed E-state index contributed by atoms with van der Waals surface area (Å²) >= 11 is 0. The van der Waals surface area contributed by atoms with Crippen molar-refractivity contribution < 1.29 is 19.1 Å². The number of ether oxygens (including phenoxy) is 1. The highest BCUT2D eigenvalue weighted by Gasteiger charge is 2.20. The highest BCUT2D eigenvalue weighted by atomic mass is 16.5. The lowest BCUT2D eigenvalue weighted by atomic mass is 10.1. The third-order valence-corrected chi connectivity index (χ3v) is 3.83. The molecule has 2 amide bonds. The van der Waals surface area contributed by atoms with Gasteiger partial charge < -0.3 is 21.5 Å². The smallest absolute Gasteiger partial charge is 0.237 e. The van der Waals surface area contributed by atoms with Crippen molar-refractivity contribution in [2.75, 3.05) is 0 Å². The number of primary amides is 1. The molecule has 0 saturated carbocycles. The van der Waals surface area contributed by atoms with Crippen molar-refractivity contribution in [1.29, 1.82) is 0 Å². The van der Waals surface area contributed by atoms with Crippen LogP contribution in [0.25, 0.3) is 0 Å². The van der Waals surface area contributed by atoms with E-state index in [2.05, 4.69) is 5.32 Å². The Morgan fingerprint density at radius 2 is 1.70 bits per heavy atom. The van der Waals surface area contributed by atoms with E-state index in [9.17, 15) is 14.4 Å². The molecule has 2 atom stereocenters. The van der Waals surface area contributed by atoms with Gasteiger partial charge in [-0.2, -0.15) is 0 Å². The summed E-state index contributed by atoms with van der Waals surface area (Å²) in [6.07, 6.45) is 1.52. The van der Waals surface area contributed by atoms with Gasteiger partial charge in [-0.3, -0.25) is 14.4 Å². The van der Waals surface area contributed by atoms with E-state index in [1.54, 1.807) is 18.4 Å². The Balaban J connectivity index is 1.84. The van der Waals surface area contributed by atoms with Crippen LogP contribution < -0.4 is 21.5 Å². The molecule has 0 fully saturated rings. The van der Waals surface area contributed by atoms with E-state index < -0.39 is 23.9 Å². The van der Waals surface area contributed by atoms with Gasteiger partial charge >= 0.3 is 0 Å². The van der Waals surface area contributed by atoms with Gasteiger partial charge in [0.15, 0.2) is 0 Å². The van der Waals surface area contributed by atoms with Crippen LogP contribution in [0.2, 0.25) is 0 Å². The van der Waals surface area contributed by atoms with Crippen molar-refractivity contribution in [3.63, 3.8) is 0 Å². The second kappa shape index (κ2) is 10.1. The molecular weight excluding hydrogens is 346 g/mol. The molecule has 0 heterocycles. The van der Waals surface area contributed by atoms with Crippen LogP contribution in [0.4, 0.5) is 0 Å². The SMILES string of the molecule is NC(=O)C[C@@H]([C]=O)NC(=O)[C@@H](N)Cc1ccc(OCc2ccccc2)cc1. The van der Waals surface area contributed by atoms with Gasteiger partial charge in [-0.25, -0.2) is 0 Å². The number of rotatable bonds is 10. The Labute approximate surface area is 157 Å². The molecular formula is C20H22N3O4. The third-order valence-electron chi connectivity index (χ3n) is 3.83. The predicted molar refractivity (Wildman–Crippen MR) is 100 cm³/mol. The lowest BCUT2D eigenvalue weighted by Crippen LogP contribution is -2.48. The van der Waals surface area contributed by atoms with Crippen LogP contribution in [0.5, 0.6) is 5.75 Å². The minimum absolute atomic E-state index is 0.271. The number of carbonyl (C=O) groups is 2. The maximum atomic E-state index is 12.0. The summed E-state index contributed by atoms with van der Waals surface area (Å²) in [5.74, 6) is -0.546. The molecule has 7 heteroatoms. The van der Waals surface area contributed by atoms with E-state index in [0.29, 0.717) is 12.4 Å². The van der Waals surface area contributed by atoms with E-state index >= 15 is 0 Å². The average Bonchev–Trinajstić information content (AvgIpc) is 2.67. The first-order valence-corrected chi connectivity index (χ1v) is 8.45. The number of carbonyl (C=O) groups excluding carboxylic acids is 3. The summed E-state index contributed by atoms with van der Waals surface area (Å²) < 4.78 is 5.71. The van der Waals surface area contributed by atoms with Crippen LogP contribution in [-0.2, 0) is 27.4 Å². The van der Waals surface area contributed by atoms with Crippen LogP contribution >= 0.6 is 0 Å². The zero-order chi connectivity index (χ0) is 19.6. The van der Waals surface area contributed by atoms with E-state index in [-0.39, 0.29) is 12.8 Å². The Morgan fingerprint density at radius 1 is 1.04 bits per heavy atom. The van der Waals surface area contributed by atoms with Gasteiger partial charge in [0.1, 0.15) is 18.4 Å². The highest BCUT2D eigenvalue weighted by molar-refractivity contribution is 5.87. The molecule has 0 bridgehead atoms. The fourth-order valence-corrected chi connectivity index (χ4v) is 2.41. The fraction of sp³-hybridized carbons (Fsp3) is 0.250. The molecule has 2 aromatic carbocycles. The molecule has 5 N–H and O–H groups in total. The van der Waals surface area contributed by atoms with Crippen LogP contribution in [0, 0.1) is 0 Å². The van der Waals surface area contributed by atoms with Gasteiger partial charge in [0.25, 0.3) is 0 Å². The predicted octanol–water partition coefficient (Wildman–Crippen LogP) is 0.605. The van der Waals surface area contributed by atoms with Crippen molar-refractivity contribution in [3.8, 4) is 5.75 Å². The zero-order valence-corrected chi connectivity index (χ0v) is 14.8. The molecule has 141 valence electrons. The largest absolute Gasteiger partial charge is 0.489 e. The molecule has 0 aromatic heterocycles. The Morgan fingerprint density at radius 3 is 2.30 bits per heavy atom. The zero-order valence-electron chi connectivity index (χ0n) is 14.8. The minimum Gasteiger partial charge on any atom is -0.489 e. The molecule has 0 spiro atoms. The third kappa shape index (κ3) is 6.91. The molecule has 27 heavy (non-hydrogen) atoms. The van der Waals surface area contributed by atoms with Gasteiger partial charge in [0, 0.05) is 0 Å². The molecule has 0 saturated heterocycles. The van der Waals surface area contributed by atoms with Gasteiger partial charge in [-0.05, 0) is 29.7 Å². The number of benzene rings is 2. The summed E-state index contributed by atoms with van der Waals surface area (Å²) in [6, 6.07) is 15.1. The van der Waals surface area contributed by atoms with Gasteiger partial charge in [0.05, 0.1) is 12.5 Å². The van der Waals surface area contributed by atoms with E-state index in [1.165, 1.54) is 0 Å². The van der Waals surface area contributed by atoms with Crippen molar-refractivity contribution in [1.82, 2.24) is 5.32 Å². The van der Waals surface area contributed by atoms with Gasteiger partial charge in [-0.15, -0.1) is 0 Å². The van der Waals surface area contributed by atoms with Crippen molar-refractivity contribution in [2.45, 2.75) is 31.5 Å². The minimum atomic E-state index is -1.09. The number of hydrogen-bond acceptors (Lipinski definition) is 5. The number of amides is 2. The lowest BCUT2D eigenvalue weighted by Gasteiger charge is -2.15. The molecule has 0 aliphatic rings. The van der Waals surface area contributed by atoms with E-state index in [1.807, 2.05) is 42.5 Å². The van der Waals surface area contributed by atoms with E-state index in [4.69, 9.17) is 16.2 Å². The van der Waals surface area contributed by atoms with Crippen molar-refractivity contribution >= 4 is 18.1 Å². The summed E-state index contributed by atoms with van der Waals surface area (Å²) in [5, 5.41) is 2.35. The Hall–Kier alpha value is -3.19. The second-order valence-electron chi connectivity index (χ2n) is 6.08. The Kier molecular flexibility index (Phi) is 7.51. The molecule has 0 unspecified atom stereocenters.